The SMILES string of the molecule is CN(CCC(F)(F)F)c1ccc(CCN)cc1F. The van der Waals surface area contributed by atoms with E-state index in [1.165, 1.54) is 24.1 Å². The fraction of sp³-hybridized carbons (Fsp3) is 0.500. The highest BCUT2D eigenvalue weighted by molar-refractivity contribution is 5.48. The van der Waals surface area contributed by atoms with Gasteiger partial charge in [0.1, 0.15) is 5.82 Å². The van der Waals surface area contributed by atoms with Crippen LogP contribution >= 0.6 is 0 Å². The van der Waals surface area contributed by atoms with Crippen molar-refractivity contribution in [1.82, 2.24) is 0 Å². The third kappa shape index (κ3) is 4.52. The number of anilines is 1. The maximum atomic E-state index is 13.7. The van der Waals surface area contributed by atoms with Crippen molar-refractivity contribution in [3.05, 3.63) is 29.6 Å². The maximum Gasteiger partial charge on any atom is 0.390 e. The van der Waals surface area contributed by atoms with Crippen LogP contribution in [0.2, 0.25) is 0 Å². The Morgan fingerprint density at radius 2 is 1.94 bits per heavy atom. The molecular formula is C12H16F4N2. The zero-order valence-electron chi connectivity index (χ0n) is 10.1. The summed E-state index contributed by atoms with van der Waals surface area (Å²) in [6, 6.07) is 4.47. The molecule has 6 heteroatoms. The minimum absolute atomic E-state index is 0.167. The van der Waals surface area contributed by atoms with E-state index in [9.17, 15) is 17.6 Å². The van der Waals surface area contributed by atoms with Crippen molar-refractivity contribution < 1.29 is 17.6 Å². The predicted molar refractivity (Wildman–Crippen MR) is 63.1 cm³/mol. The summed E-state index contributed by atoms with van der Waals surface area (Å²) in [5.74, 6) is -0.523. The largest absolute Gasteiger partial charge is 0.390 e. The second kappa shape index (κ2) is 6.04. The van der Waals surface area contributed by atoms with Gasteiger partial charge in [-0.15, -0.1) is 0 Å². The van der Waals surface area contributed by atoms with Gasteiger partial charge in [0.05, 0.1) is 12.1 Å². The first-order chi connectivity index (χ1) is 8.33. The van der Waals surface area contributed by atoms with Crippen LogP contribution in [0.4, 0.5) is 23.2 Å². The van der Waals surface area contributed by atoms with E-state index in [0.717, 1.165) is 5.56 Å². The molecule has 0 aliphatic carbocycles. The Labute approximate surface area is 103 Å². The Morgan fingerprint density at radius 3 is 2.44 bits per heavy atom. The predicted octanol–water partition coefficient (Wildman–Crippen LogP) is 2.72. The number of hydrogen-bond acceptors (Lipinski definition) is 2. The Balaban J connectivity index is 2.71. The summed E-state index contributed by atoms with van der Waals surface area (Å²) in [6.07, 6.45) is -4.65. The number of nitrogens with zero attached hydrogens (tertiary/aromatic N) is 1. The fourth-order valence-electron chi connectivity index (χ4n) is 1.60. The van der Waals surface area contributed by atoms with Crippen LogP contribution in [-0.2, 0) is 6.42 Å². The Bertz CT molecular complexity index is 390. The molecule has 0 heterocycles. The van der Waals surface area contributed by atoms with Crippen molar-refractivity contribution in [3.63, 3.8) is 0 Å². The first-order valence-electron chi connectivity index (χ1n) is 5.60. The van der Waals surface area contributed by atoms with E-state index in [-0.39, 0.29) is 12.2 Å². The molecule has 1 aromatic carbocycles. The standard InChI is InChI=1S/C12H16F4N2/c1-18(7-5-12(14,15)16)11-3-2-9(4-6-17)8-10(11)13/h2-3,8H,4-7,17H2,1H3. The molecule has 0 radical (unpaired) electrons. The second-order valence-corrected chi connectivity index (χ2v) is 4.11. The monoisotopic (exact) mass is 264 g/mol. The molecule has 1 rings (SSSR count). The van der Waals surface area contributed by atoms with Crippen LogP contribution in [0, 0.1) is 5.82 Å². The molecule has 0 spiro atoms. The van der Waals surface area contributed by atoms with Gasteiger partial charge in [-0.2, -0.15) is 13.2 Å². The van der Waals surface area contributed by atoms with Crippen LogP contribution in [0.3, 0.4) is 0 Å². The molecule has 0 fully saturated rings. The number of nitrogens with two attached hydrogens (primary N) is 1. The number of rotatable bonds is 5. The van der Waals surface area contributed by atoms with E-state index < -0.39 is 18.4 Å². The first-order valence-corrected chi connectivity index (χ1v) is 5.60. The summed E-state index contributed by atoms with van der Waals surface area (Å²) in [5, 5.41) is 0. The summed E-state index contributed by atoms with van der Waals surface area (Å²) in [5.41, 5.74) is 6.25. The molecule has 0 aliphatic heterocycles. The van der Waals surface area contributed by atoms with Crippen LogP contribution < -0.4 is 10.6 Å². The van der Waals surface area contributed by atoms with Crippen molar-refractivity contribution in [2.24, 2.45) is 5.73 Å². The average Bonchev–Trinajstić information content (AvgIpc) is 2.25. The van der Waals surface area contributed by atoms with Crippen LogP contribution in [0.1, 0.15) is 12.0 Å². The normalized spacial score (nSPS) is 11.7. The van der Waals surface area contributed by atoms with Gasteiger partial charge in [-0.3, -0.25) is 0 Å². The summed E-state index contributed by atoms with van der Waals surface area (Å²) in [6.45, 7) is 0.138. The number of alkyl halides is 3. The molecule has 0 aromatic heterocycles. The molecule has 102 valence electrons. The van der Waals surface area contributed by atoms with Crippen LogP contribution in [0.15, 0.2) is 18.2 Å². The first kappa shape index (κ1) is 14.8. The molecule has 2 nitrogen and oxygen atoms in total. The molecule has 0 saturated heterocycles. The number of halogens is 4. The van der Waals surface area contributed by atoms with E-state index in [1.807, 2.05) is 0 Å². The molecule has 0 atom stereocenters. The highest BCUT2D eigenvalue weighted by Gasteiger charge is 2.27. The van der Waals surface area contributed by atoms with Gasteiger partial charge in [0.25, 0.3) is 0 Å². The number of hydrogen-bond donors (Lipinski definition) is 1. The van der Waals surface area contributed by atoms with Crippen molar-refractivity contribution in [1.29, 1.82) is 0 Å². The summed E-state index contributed by atoms with van der Waals surface area (Å²) in [4.78, 5) is 1.26. The van der Waals surface area contributed by atoms with E-state index in [2.05, 4.69) is 0 Å². The highest BCUT2D eigenvalue weighted by Crippen LogP contribution is 2.24. The van der Waals surface area contributed by atoms with Crippen LogP contribution in [0.25, 0.3) is 0 Å². The van der Waals surface area contributed by atoms with Gasteiger partial charge < -0.3 is 10.6 Å². The lowest BCUT2D eigenvalue weighted by atomic mass is 10.1. The molecule has 18 heavy (non-hydrogen) atoms. The molecular weight excluding hydrogens is 248 g/mol. The van der Waals surface area contributed by atoms with Gasteiger partial charge in [-0.05, 0) is 30.7 Å². The summed E-state index contributed by atoms with van der Waals surface area (Å²) < 4.78 is 49.9. The van der Waals surface area contributed by atoms with Gasteiger partial charge >= 0.3 is 6.18 Å². The lowest BCUT2D eigenvalue weighted by Gasteiger charge is -2.21. The summed E-state index contributed by atoms with van der Waals surface area (Å²) >= 11 is 0. The topological polar surface area (TPSA) is 29.3 Å². The van der Waals surface area contributed by atoms with Crippen molar-refractivity contribution >= 4 is 5.69 Å². The minimum atomic E-state index is -4.23. The van der Waals surface area contributed by atoms with E-state index >= 15 is 0 Å². The van der Waals surface area contributed by atoms with Gasteiger partial charge in [0, 0.05) is 13.6 Å². The van der Waals surface area contributed by atoms with Crippen molar-refractivity contribution in [2.45, 2.75) is 19.0 Å². The minimum Gasteiger partial charge on any atom is -0.372 e. The van der Waals surface area contributed by atoms with E-state index in [1.54, 1.807) is 6.07 Å². The molecule has 0 aliphatic rings. The lowest BCUT2D eigenvalue weighted by Crippen LogP contribution is -2.24. The second-order valence-electron chi connectivity index (χ2n) is 4.11. The quantitative estimate of drug-likeness (QED) is 0.828. The zero-order valence-corrected chi connectivity index (χ0v) is 10.1. The Kier molecular flexibility index (Phi) is 4.95. The molecule has 0 unspecified atom stereocenters. The molecule has 0 saturated carbocycles. The number of benzene rings is 1. The van der Waals surface area contributed by atoms with Crippen molar-refractivity contribution in [3.8, 4) is 0 Å². The van der Waals surface area contributed by atoms with Gasteiger partial charge in [-0.1, -0.05) is 6.07 Å². The molecule has 0 amide bonds. The molecule has 0 bridgehead atoms. The van der Waals surface area contributed by atoms with Gasteiger partial charge in [0.2, 0.25) is 0 Å². The molecule has 2 N–H and O–H groups in total. The molecule has 1 aromatic rings. The summed E-state index contributed by atoms with van der Waals surface area (Å²) in [7, 11) is 1.44. The van der Waals surface area contributed by atoms with E-state index in [0.29, 0.717) is 13.0 Å². The third-order valence-corrected chi connectivity index (χ3v) is 2.59. The zero-order chi connectivity index (χ0) is 13.8. The van der Waals surface area contributed by atoms with Crippen LogP contribution in [0.5, 0.6) is 0 Å². The van der Waals surface area contributed by atoms with Crippen LogP contribution in [-0.4, -0.2) is 26.3 Å². The van der Waals surface area contributed by atoms with E-state index in [4.69, 9.17) is 5.73 Å². The van der Waals surface area contributed by atoms with Gasteiger partial charge in [0.15, 0.2) is 0 Å². The lowest BCUT2D eigenvalue weighted by molar-refractivity contribution is -0.132. The Morgan fingerprint density at radius 1 is 1.28 bits per heavy atom. The third-order valence-electron chi connectivity index (χ3n) is 2.59. The average molecular weight is 264 g/mol. The van der Waals surface area contributed by atoms with Crippen molar-refractivity contribution in [2.75, 3.05) is 25.0 Å². The Hall–Kier alpha value is -1.30. The maximum absolute atomic E-state index is 13.7. The fourth-order valence-corrected chi connectivity index (χ4v) is 1.60. The smallest absolute Gasteiger partial charge is 0.372 e. The van der Waals surface area contributed by atoms with Gasteiger partial charge in [-0.25, -0.2) is 4.39 Å². The highest BCUT2D eigenvalue weighted by atomic mass is 19.4.